The summed E-state index contributed by atoms with van der Waals surface area (Å²) in [4.78, 5) is 15.0. The molecule has 3 fully saturated rings. The molecule has 3 heterocycles. The number of amides is 1. The van der Waals surface area contributed by atoms with E-state index < -0.39 is 0 Å². The van der Waals surface area contributed by atoms with E-state index in [2.05, 4.69) is 17.1 Å². The molecule has 0 bridgehead atoms. The molecule has 1 amide bonds. The first-order valence-electron chi connectivity index (χ1n) is 7.84. The second-order valence-corrected chi connectivity index (χ2v) is 7.80. The third kappa shape index (κ3) is 3.27. The van der Waals surface area contributed by atoms with Crippen molar-refractivity contribution in [3.8, 4) is 0 Å². The maximum atomic E-state index is 12.4. The molecule has 0 aromatic rings. The second kappa shape index (κ2) is 6.04. The smallest absolute Gasteiger partial charge is 0.224 e. The Morgan fingerprint density at radius 3 is 2.95 bits per heavy atom. The molecule has 3 nitrogen and oxygen atoms in total. The molecular formula is C15H26N2OS. The average Bonchev–Trinajstić information content (AvgIpc) is 2.78. The van der Waals surface area contributed by atoms with Crippen LogP contribution in [0.5, 0.6) is 0 Å². The molecule has 0 spiro atoms. The Morgan fingerprint density at radius 1 is 1.26 bits per heavy atom. The maximum absolute atomic E-state index is 12.4. The quantitative estimate of drug-likeness (QED) is 0.842. The van der Waals surface area contributed by atoms with Crippen LogP contribution in [0.1, 0.15) is 39.0 Å². The number of thioether (sulfide) groups is 1. The lowest BCUT2D eigenvalue weighted by molar-refractivity contribution is -0.127. The predicted octanol–water partition coefficient (Wildman–Crippen LogP) is 2.12. The van der Waals surface area contributed by atoms with Crippen molar-refractivity contribution in [3.63, 3.8) is 0 Å². The minimum absolute atomic E-state index is 0.244. The van der Waals surface area contributed by atoms with Gasteiger partial charge in [0.25, 0.3) is 0 Å². The lowest BCUT2D eigenvalue weighted by Gasteiger charge is -2.35. The summed E-state index contributed by atoms with van der Waals surface area (Å²) in [7, 11) is 0. The van der Waals surface area contributed by atoms with Crippen molar-refractivity contribution >= 4 is 17.7 Å². The molecule has 4 atom stereocenters. The maximum Gasteiger partial charge on any atom is 0.224 e. The van der Waals surface area contributed by atoms with E-state index in [1.165, 1.54) is 38.0 Å². The fourth-order valence-electron chi connectivity index (χ4n) is 3.92. The molecule has 3 saturated heterocycles. The van der Waals surface area contributed by atoms with Gasteiger partial charge in [-0.15, -0.1) is 0 Å². The van der Waals surface area contributed by atoms with E-state index in [0.717, 1.165) is 30.7 Å². The average molecular weight is 282 g/mol. The summed E-state index contributed by atoms with van der Waals surface area (Å²) in [6.45, 7) is 4.54. The van der Waals surface area contributed by atoms with Gasteiger partial charge in [0.2, 0.25) is 5.91 Å². The zero-order valence-electron chi connectivity index (χ0n) is 11.9. The molecule has 19 heavy (non-hydrogen) atoms. The van der Waals surface area contributed by atoms with Gasteiger partial charge in [-0.1, -0.05) is 6.92 Å². The van der Waals surface area contributed by atoms with Gasteiger partial charge in [0.05, 0.1) is 5.92 Å². The Labute approximate surface area is 120 Å². The number of hydrogen-bond donors (Lipinski definition) is 1. The van der Waals surface area contributed by atoms with Crippen LogP contribution in [0.15, 0.2) is 0 Å². The van der Waals surface area contributed by atoms with E-state index >= 15 is 0 Å². The van der Waals surface area contributed by atoms with Gasteiger partial charge in [0.1, 0.15) is 0 Å². The highest BCUT2D eigenvalue weighted by molar-refractivity contribution is 7.99. The van der Waals surface area contributed by atoms with Crippen molar-refractivity contribution in [1.82, 2.24) is 10.2 Å². The largest absolute Gasteiger partial charge is 0.352 e. The van der Waals surface area contributed by atoms with Gasteiger partial charge in [0, 0.05) is 30.9 Å². The third-order valence-electron chi connectivity index (χ3n) is 4.92. The Bertz CT molecular complexity index is 330. The molecule has 0 aromatic heterocycles. The fraction of sp³-hybridized carbons (Fsp3) is 0.933. The summed E-state index contributed by atoms with van der Waals surface area (Å²) in [6, 6.07) is 1.20. The van der Waals surface area contributed by atoms with E-state index in [-0.39, 0.29) is 5.92 Å². The van der Waals surface area contributed by atoms with Gasteiger partial charge in [-0.3, -0.25) is 9.69 Å². The number of piperidine rings is 1. The number of nitrogens with one attached hydrogen (secondary N) is 1. The summed E-state index contributed by atoms with van der Waals surface area (Å²) in [5, 5.41) is 3.29. The third-order valence-corrected chi connectivity index (χ3v) is 6.13. The molecule has 3 aliphatic heterocycles. The van der Waals surface area contributed by atoms with Crippen LogP contribution in [-0.4, -0.2) is 47.5 Å². The zero-order chi connectivity index (χ0) is 13.2. The van der Waals surface area contributed by atoms with Crippen LogP contribution in [0.3, 0.4) is 0 Å². The van der Waals surface area contributed by atoms with E-state index in [0.29, 0.717) is 11.9 Å². The number of nitrogens with zero attached hydrogens (tertiary/aromatic N) is 1. The molecule has 0 aromatic carbocycles. The molecule has 0 radical (unpaired) electrons. The molecule has 4 heteroatoms. The molecule has 0 saturated carbocycles. The second-order valence-electron chi connectivity index (χ2n) is 6.65. The first-order chi connectivity index (χ1) is 9.22. The zero-order valence-corrected chi connectivity index (χ0v) is 12.8. The van der Waals surface area contributed by atoms with Crippen molar-refractivity contribution in [1.29, 1.82) is 0 Å². The molecule has 108 valence electrons. The van der Waals surface area contributed by atoms with Crippen LogP contribution >= 0.6 is 11.8 Å². The van der Waals surface area contributed by atoms with Crippen molar-refractivity contribution in [2.24, 2.45) is 11.8 Å². The molecule has 1 N–H and O–H groups in total. The molecule has 0 aliphatic carbocycles. The van der Waals surface area contributed by atoms with Gasteiger partial charge in [-0.05, 0) is 43.8 Å². The molecular weight excluding hydrogens is 256 g/mol. The Kier molecular flexibility index (Phi) is 4.37. The summed E-state index contributed by atoms with van der Waals surface area (Å²) in [5.41, 5.74) is 0. The SMILES string of the molecule is CC1CC2CCC(C(=O)NC3CCCSC3)CN2C1. The Balaban J connectivity index is 1.50. The highest BCUT2D eigenvalue weighted by Gasteiger charge is 2.37. The van der Waals surface area contributed by atoms with Crippen LogP contribution in [0.25, 0.3) is 0 Å². The molecule has 3 rings (SSSR count). The van der Waals surface area contributed by atoms with Crippen molar-refractivity contribution in [2.75, 3.05) is 24.6 Å². The Morgan fingerprint density at radius 2 is 2.16 bits per heavy atom. The van der Waals surface area contributed by atoms with Crippen LogP contribution < -0.4 is 5.32 Å². The minimum Gasteiger partial charge on any atom is -0.352 e. The van der Waals surface area contributed by atoms with Crippen LogP contribution in [0.2, 0.25) is 0 Å². The van der Waals surface area contributed by atoms with Gasteiger partial charge in [0.15, 0.2) is 0 Å². The summed E-state index contributed by atoms with van der Waals surface area (Å²) < 4.78 is 0. The number of carbonyl (C=O) groups is 1. The molecule has 3 aliphatic rings. The lowest BCUT2D eigenvalue weighted by Crippen LogP contribution is -2.48. The van der Waals surface area contributed by atoms with Gasteiger partial charge in [-0.25, -0.2) is 0 Å². The first-order valence-corrected chi connectivity index (χ1v) is 9.00. The summed E-state index contributed by atoms with van der Waals surface area (Å²) in [6.07, 6.45) is 6.09. The van der Waals surface area contributed by atoms with Crippen molar-refractivity contribution < 1.29 is 4.79 Å². The predicted molar refractivity (Wildman–Crippen MR) is 80.4 cm³/mol. The van der Waals surface area contributed by atoms with Crippen molar-refractivity contribution in [3.05, 3.63) is 0 Å². The number of hydrogen-bond acceptors (Lipinski definition) is 3. The van der Waals surface area contributed by atoms with E-state index in [9.17, 15) is 4.79 Å². The fourth-order valence-corrected chi connectivity index (χ4v) is 4.99. The number of rotatable bonds is 2. The first kappa shape index (κ1) is 13.7. The number of fused-ring (bicyclic) bond motifs is 1. The monoisotopic (exact) mass is 282 g/mol. The standard InChI is InChI=1S/C15H26N2OS/c1-11-7-14-5-4-12(9-17(14)8-11)15(18)16-13-3-2-6-19-10-13/h11-14H,2-10H2,1H3,(H,16,18). The minimum atomic E-state index is 0.244. The summed E-state index contributed by atoms with van der Waals surface area (Å²) >= 11 is 1.98. The van der Waals surface area contributed by atoms with E-state index in [4.69, 9.17) is 0 Å². The van der Waals surface area contributed by atoms with Crippen LogP contribution in [-0.2, 0) is 4.79 Å². The highest BCUT2D eigenvalue weighted by atomic mass is 32.2. The van der Waals surface area contributed by atoms with Crippen LogP contribution in [0, 0.1) is 11.8 Å². The lowest BCUT2D eigenvalue weighted by atomic mass is 9.92. The highest BCUT2D eigenvalue weighted by Crippen LogP contribution is 2.32. The van der Waals surface area contributed by atoms with Gasteiger partial charge < -0.3 is 5.32 Å². The van der Waals surface area contributed by atoms with Gasteiger partial charge in [-0.2, -0.15) is 11.8 Å². The molecule has 4 unspecified atom stereocenters. The van der Waals surface area contributed by atoms with E-state index in [1.54, 1.807) is 0 Å². The normalized spacial score (nSPS) is 39.8. The van der Waals surface area contributed by atoms with Crippen molar-refractivity contribution in [2.45, 2.75) is 51.1 Å². The van der Waals surface area contributed by atoms with E-state index in [1.807, 2.05) is 11.8 Å². The Hall–Kier alpha value is -0.220. The van der Waals surface area contributed by atoms with Crippen LogP contribution in [0.4, 0.5) is 0 Å². The van der Waals surface area contributed by atoms with Gasteiger partial charge >= 0.3 is 0 Å². The number of carbonyl (C=O) groups excluding carboxylic acids is 1. The topological polar surface area (TPSA) is 32.3 Å². The summed E-state index contributed by atoms with van der Waals surface area (Å²) in [5.74, 6) is 3.77.